The Morgan fingerprint density at radius 3 is 2.25 bits per heavy atom. The van der Waals surface area contributed by atoms with Gasteiger partial charge < -0.3 is 9.64 Å². The van der Waals surface area contributed by atoms with Crippen LogP contribution in [-0.4, -0.2) is 46.0 Å². The van der Waals surface area contributed by atoms with E-state index >= 15 is 0 Å². The van der Waals surface area contributed by atoms with Gasteiger partial charge in [0.15, 0.2) is 6.61 Å². The summed E-state index contributed by atoms with van der Waals surface area (Å²) < 4.78 is 31.6. The van der Waals surface area contributed by atoms with Crippen LogP contribution in [0.4, 0.5) is 0 Å². The lowest BCUT2D eigenvalue weighted by atomic mass is 10.3. The molecule has 1 N–H and O–H groups in total. The molecule has 1 rings (SSSR count). The van der Waals surface area contributed by atoms with Crippen molar-refractivity contribution in [1.29, 1.82) is 0 Å². The van der Waals surface area contributed by atoms with Crippen LogP contribution in [0.3, 0.4) is 0 Å². The molecule has 1 amide bonds. The number of rotatable bonds is 6. The van der Waals surface area contributed by atoms with Crippen LogP contribution >= 0.6 is 0 Å². The molecule has 0 saturated heterocycles. The summed E-state index contributed by atoms with van der Waals surface area (Å²) in [5.74, 6) is 0.284. The van der Waals surface area contributed by atoms with Gasteiger partial charge in [0.25, 0.3) is 5.91 Å². The lowest BCUT2D eigenvalue weighted by Gasteiger charge is -2.12. The second kappa shape index (κ2) is 6.71. The largest absolute Gasteiger partial charge is 0.484 e. The molecule has 1 aromatic carbocycles. The van der Waals surface area contributed by atoms with Gasteiger partial charge in [-0.15, -0.1) is 0 Å². The van der Waals surface area contributed by atoms with Crippen LogP contribution in [-0.2, 0) is 14.8 Å². The van der Waals surface area contributed by atoms with Crippen LogP contribution in [0.15, 0.2) is 29.2 Å². The molecule has 0 saturated carbocycles. The molecule has 0 heterocycles. The van der Waals surface area contributed by atoms with Gasteiger partial charge in [0.2, 0.25) is 10.0 Å². The Hall–Kier alpha value is -1.60. The fourth-order valence-electron chi connectivity index (χ4n) is 1.37. The topological polar surface area (TPSA) is 75.7 Å². The summed E-state index contributed by atoms with van der Waals surface area (Å²) in [5, 5.41) is 0. The van der Waals surface area contributed by atoms with Crippen molar-refractivity contribution in [1.82, 2.24) is 9.62 Å². The van der Waals surface area contributed by atoms with Crippen molar-refractivity contribution in [3.05, 3.63) is 24.3 Å². The lowest BCUT2D eigenvalue weighted by Crippen LogP contribution is -2.30. The summed E-state index contributed by atoms with van der Waals surface area (Å²) in [6.07, 6.45) is 0. The third kappa shape index (κ3) is 4.82. The van der Waals surface area contributed by atoms with E-state index in [1.54, 1.807) is 27.9 Å². The first kappa shape index (κ1) is 16.5. The minimum Gasteiger partial charge on any atom is -0.484 e. The lowest BCUT2D eigenvalue weighted by molar-refractivity contribution is -0.130. The summed E-state index contributed by atoms with van der Waals surface area (Å²) in [6, 6.07) is 5.77. The molecule has 0 aliphatic carbocycles. The van der Waals surface area contributed by atoms with Crippen LogP contribution in [0.5, 0.6) is 5.75 Å². The molecular formula is C13H20N2O4S. The van der Waals surface area contributed by atoms with Gasteiger partial charge in [0.1, 0.15) is 5.75 Å². The molecule has 0 radical (unpaired) electrons. The van der Waals surface area contributed by atoms with Crippen molar-refractivity contribution in [3.8, 4) is 5.75 Å². The number of hydrogen-bond acceptors (Lipinski definition) is 4. The predicted octanol–water partition coefficient (Wildman–Crippen LogP) is 0.840. The standard InChI is InChI=1S/C13H20N2O4S/c1-10(2)14-20(17,18)12-7-5-11(6-8-12)19-9-13(16)15(3)4/h5-8,10,14H,9H2,1-4H3. The molecule has 0 spiro atoms. The monoisotopic (exact) mass is 300 g/mol. The first-order valence-electron chi connectivity index (χ1n) is 6.17. The van der Waals surface area contributed by atoms with E-state index in [1.165, 1.54) is 29.2 Å². The van der Waals surface area contributed by atoms with Crippen LogP contribution in [0.25, 0.3) is 0 Å². The highest BCUT2D eigenvalue weighted by Gasteiger charge is 2.15. The highest BCUT2D eigenvalue weighted by molar-refractivity contribution is 7.89. The van der Waals surface area contributed by atoms with Crippen LogP contribution < -0.4 is 9.46 Å². The first-order chi connectivity index (χ1) is 9.22. The van der Waals surface area contributed by atoms with Crippen LogP contribution in [0, 0.1) is 0 Å². The molecule has 0 bridgehead atoms. The highest BCUT2D eigenvalue weighted by Crippen LogP contribution is 2.16. The average molecular weight is 300 g/mol. The molecule has 0 unspecified atom stereocenters. The van der Waals surface area contributed by atoms with Crippen molar-refractivity contribution in [2.24, 2.45) is 0 Å². The zero-order chi connectivity index (χ0) is 15.3. The Kier molecular flexibility index (Phi) is 5.52. The molecule has 0 atom stereocenters. The SMILES string of the molecule is CC(C)NS(=O)(=O)c1ccc(OCC(=O)N(C)C)cc1. The number of likely N-dealkylation sites (N-methyl/N-ethyl adjacent to an activating group) is 1. The second-order valence-electron chi connectivity index (χ2n) is 4.82. The average Bonchev–Trinajstić information content (AvgIpc) is 2.34. The zero-order valence-corrected chi connectivity index (χ0v) is 12.9. The van der Waals surface area contributed by atoms with Crippen molar-refractivity contribution < 1.29 is 17.9 Å². The maximum atomic E-state index is 11.9. The molecule has 0 fully saturated rings. The van der Waals surface area contributed by atoms with Crippen molar-refractivity contribution >= 4 is 15.9 Å². The molecule has 0 aliphatic rings. The minimum atomic E-state index is -3.50. The Morgan fingerprint density at radius 2 is 1.80 bits per heavy atom. The normalized spacial score (nSPS) is 11.4. The number of carbonyl (C=O) groups excluding carboxylic acids is 1. The van der Waals surface area contributed by atoms with Crippen molar-refractivity contribution in [3.63, 3.8) is 0 Å². The Bertz CT molecular complexity index is 550. The summed E-state index contributed by atoms with van der Waals surface area (Å²) in [5.41, 5.74) is 0. The van der Waals surface area contributed by atoms with E-state index in [4.69, 9.17) is 4.74 Å². The van der Waals surface area contributed by atoms with Gasteiger partial charge in [0.05, 0.1) is 4.90 Å². The van der Waals surface area contributed by atoms with Gasteiger partial charge in [-0.25, -0.2) is 13.1 Å². The van der Waals surface area contributed by atoms with E-state index < -0.39 is 10.0 Å². The second-order valence-corrected chi connectivity index (χ2v) is 6.54. The number of carbonyl (C=O) groups is 1. The maximum absolute atomic E-state index is 11.9. The van der Waals surface area contributed by atoms with E-state index in [9.17, 15) is 13.2 Å². The Morgan fingerprint density at radius 1 is 1.25 bits per heavy atom. The third-order valence-electron chi connectivity index (χ3n) is 2.39. The van der Waals surface area contributed by atoms with Gasteiger partial charge in [-0.2, -0.15) is 0 Å². The molecule has 1 aromatic rings. The quantitative estimate of drug-likeness (QED) is 0.844. The number of sulfonamides is 1. The van der Waals surface area contributed by atoms with Gasteiger partial charge >= 0.3 is 0 Å². The number of nitrogens with one attached hydrogen (secondary N) is 1. The maximum Gasteiger partial charge on any atom is 0.259 e. The molecule has 0 aromatic heterocycles. The molecular weight excluding hydrogens is 280 g/mol. The van der Waals surface area contributed by atoms with Crippen molar-refractivity contribution in [2.75, 3.05) is 20.7 Å². The van der Waals surface area contributed by atoms with Gasteiger partial charge in [-0.05, 0) is 38.1 Å². The molecule has 20 heavy (non-hydrogen) atoms. The Balaban J connectivity index is 2.72. The van der Waals surface area contributed by atoms with E-state index in [0.717, 1.165) is 0 Å². The minimum absolute atomic E-state index is 0.0800. The first-order valence-corrected chi connectivity index (χ1v) is 7.66. The summed E-state index contributed by atoms with van der Waals surface area (Å²) in [4.78, 5) is 12.9. The molecule has 6 nitrogen and oxygen atoms in total. The predicted molar refractivity (Wildman–Crippen MR) is 76.1 cm³/mol. The summed E-state index contributed by atoms with van der Waals surface area (Å²) in [6.45, 7) is 3.42. The van der Waals surface area contributed by atoms with E-state index in [-0.39, 0.29) is 23.5 Å². The zero-order valence-electron chi connectivity index (χ0n) is 12.1. The number of benzene rings is 1. The van der Waals surface area contributed by atoms with E-state index in [1.807, 2.05) is 0 Å². The summed E-state index contributed by atoms with van der Waals surface area (Å²) in [7, 11) is -0.226. The fraction of sp³-hybridized carbons (Fsp3) is 0.462. The molecule has 0 aliphatic heterocycles. The van der Waals surface area contributed by atoms with Gasteiger partial charge in [0, 0.05) is 20.1 Å². The number of amides is 1. The Labute approximate surface area is 119 Å². The number of nitrogens with zero attached hydrogens (tertiary/aromatic N) is 1. The number of ether oxygens (including phenoxy) is 1. The fourth-order valence-corrected chi connectivity index (χ4v) is 2.62. The third-order valence-corrected chi connectivity index (χ3v) is 4.06. The van der Waals surface area contributed by atoms with E-state index in [0.29, 0.717) is 5.75 Å². The van der Waals surface area contributed by atoms with Crippen molar-refractivity contribution in [2.45, 2.75) is 24.8 Å². The van der Waals surface area contributed by atoms with Gasteiger partial charge in [-0.1, -0.05) is 0 Å². The van der Waals surface area contributed by atoms with Crippen LogP contribution in [0.2, 0.25) is 0 Å². The molecule has 112 valence electrons. The van der Waals surface area contributed by atoms with Gasteiger partial charge in [-0.3, -0.25) is 4.79 Å². The number of hydrogen-bond donors (Lipinski definition) is 1. The molecule has 7 heteroatoms. The van der Waals surface area contributed by atoms with Crippen LogP contribution in [0.1, 0.15) is 13.8 Å². The highest BCUT2D eigenvalue weighted by atomic mass is 32.2. The smallest absolute Gasteiger partial charge is 0.259 e. The summed E-state index contributed by atoms with van der Waals surface area (Å²) >= 11 is 0. The van der Waals surface area contributed by atoms with E-state index in [2.05, 4.69) is 4.72 Å².